The number of hydrogen-bond donors (Lipinski definition) is 1. The number of morpholine rings is 1. The Kier molecular flexibility index (Phi) is 5.81. The van der Waals surface area contributed by atoms with Crippen LogP contribution in [0.1, 0.15) is 21.7 Å². The predicted octanol–water partition coefficient (Wildman–Crippen LogP) is 2.67. The van der Waals surface area contributed by atoms with Crippen LogP contribution in [0.25, 0.3) is 16.3 Å². The van der Waals surface area contributed by atoms with Gasteiger partial charge in [-0.1, -0.05) is 0 Å². The highest BCUT2D eigenvalue weighted by molar-refractivity contribution is 7.13. The zero-order valence-corrected chi connectivity index (χ0v) is 17.3. The van der Waals surface area contributed by atoms with E-state index in [0.717, 1.165) is 49.1 Å². The number of ether oxygens (including phenoxy) is 2. The number of esters is 1. The number of benzene rings is 1. The number of rotatable bonds is 5. The van der Waals surface area contributed by atoms with Gasteiger partial charge in [-0.05, 0) is 24.3 Å². The average Bonchev–Trinajstić information content (AvgIpc) is 3.38. The molecule has 1 aromatic carbocycles. The summed E-state index contributed by atoms with van der Waals surface area (Å²) in [4.78, 5) is 19.3. The molecular formula is C21H21N5O3S. The van der Waals surface area contributed by atoms with Crippen LogP contribution in [-0.2, 0) is 16.0 Å². The summed E-state index contributed by atoms with van der Waals surface area (Å²) in [6.07, 6.45) is 1.54. The molecule has 0 bridgehead atoms. The van der Waals surface area contributed by atoms with Crippen LogP contribution in [0.4, 0.5) is 5.69 Å². The molecule has 1 aliphatic rings. The van der Waals surface area contributed by atoms with E-state index < -0.39 is 5.97 Å². The largest absolute Gasteiger partial charge is 0.464 e. The second-order valence-corrected chi connectivity index (χ2v) is 7.72. The molecule has 1 fully saturated rings. The van der Waals surface area contributed by atoms with Crippen molar-refractivity contribution in [3.05, 3.63) is 52.8 Å². The number of nitrogens with zero attached hydrogens (tertiary/aromatic N) is 4. The molecule has 30 heavy (non-hydrogen) atoms. The predicted molar refractivity (Wildman–Crippen MR) is 113 cm³/mol. The maximum absolute atomic E-state index is 12.2. The van der Waals surface area contributed by atoms with Crippen LogP contribution >= 0.6 is 11.3 Å². The van der Waals surface area contributed by atoms with Gasteiger partial charge in [-0.25, -0.2) is 9.78 Å². The number of nitrogen functional groups attached to an aromatic ring is 1. The summed E-state index contributed by atoms with van der Waals surface area (Å²) in [6, 6.07) is 9.62. The Hall–Kier alpha value is -3.19. The Morgan fingerprint density at radius 3 is 2.73 bits per heavy atom. The quantitative estimate of drug-likeness (QED) is 0.629. The van der Waals surface area contributed by atoms with Crippen molar-refractivity contribution in [2.75, 3.05) is 39.1 Å². The molecule has 0 radical (unpaired) electrons. The van der Waals surface area contributed by atoms with Crippen LogP contribution in [0, 0.1) is 11.3 Å². The van der Waals surface area contributed by atoms with E-state index in [0.29, 0.717) is 5.69 Å². The van der Waals surface area contributed by atoms with E-state index in [1.54, 1.807) is 22.1 Å². The molecule has 4 rings (SSSR count). The molecule has 2 aromatic heterocycles. The Labute approximate surface area is 178 Å². The minimum absolute atomic E-state index is 0.112. The number of thiazole rings is 1. The first-order chi connectivity index (χ1) is 14.6. The van der Waals surface area contributed by atoms with E-state index in [1.807, 2.05) is 30.3 Å². The third-order valence-electron chi connectivity index (χ3n) is 4.98. The second kappa shape index (κ2) is 8.67. The van der Waals surface area contributed by atoms with E-state index in [4.69, 9.17) is 20.2 Å². The van der Waals surface area contributed by atoms with Gasteiger partial charge >= 0.3 is 5.97 Å². The maximum atomic E-state index is 12.2. The molecule has 1 aliphatic heterocycles. The van der Waals surface area contributed by atoms with Crippen molar-refractivity contribution >= 4 is 23.0 Å². The lowest BCUT2D eigenvalue weighted by Crippen LogP contribution is -2.35. The molecule has 0 saturated carbocycles. The number of carbonyl (C=O) groups is 1. The van der Waals surface area contributed by atoms with Gasteiger partial charge in [0, 0.05) is 42.5 Å². The summed E-state index contributed by atoms with van der Waals surface area (Å²) in [5, 5.41) is 12.3. The lowest BCUT2D eigenvalue weighted by atomic mass is 10.2. The molecule has 3 aromatic rings. The van der Waals surface area contributed by atoms with Crippen LogP contribution in [0.2, 0.25) is 0 Å². The third kappa shape index (κ3) is 3.93. The van der Waals surface area contributed by atoms with Gasteiger partial charge in [0.25, 0.3) is 0 Å². The van der Waals surface area contributed by atoms with E-state index in [9.17, 15) is 10.1 Å². The summed E-state index contributed by atoms with van der Waals surface area (Å²) >= 11 is 1.60. The Bertz CT molecular complexity index is 1090. The summed E-state index contributed by atoms with van der Waals surface area (Å²) in [6.45, 7) is 4.20. The lowest BCUT2D eigenvalue weighted by molar-refractivity contribution is 0.0337. The van der Waals surface area contributed by atoms with Crippen molar-refractivity contribution < 1.29 is 14.3 Å². The van der Waals surface area contributed by atoms with E-state index in [2.05, 4.69) is 10.3 Å². The van der Waals surface area contributed by atoms with Gasteiger partial charge in [-0.2, -0.15) is 5.26 Å². The molecule has 0 atom stereocenters. The van der Waals surface area contributed by atoms with Gasteiger partial charge in [0.15, 0.2) is 5.69 Å². The molecule has 0 unspecified atom stereocenters. The van der Waals surface area contributed by atoms with Crippen molar-refractivity contribution in [1.29, 1.82) is 5.26 Å². The Morgan fingerprint density at radius 2 is 2.07 bits per heavy atom. The zero-order chi connectivity index (χ0) is 21.1. The number of carbonyl (C=O) groups excluding carboxylic acids is 1. The SMILES string of the molecule is COC(=O)c1c(N)c(C#N)cn1-c1ccc(-c2nc(CN3CCOCC3)cs2)cc1. The van der Waals surface area contributed by atoms with Crippen LogP contribution in [0.3, 0.4) is 0 Å². The van der Waals surface area contributed by atoms with Gasteiger partial charge in [0.2, 0.25) is 0 Å². The summed E-state index contributed by atoms with van der Waals surface area (Å²) < 4.78 is 11.8. The molecule has 8 nitrogen and oxygen atoms in total. The average molecular weight is 423 g/mol. The zero-order valence-electron chi connectivity index (χ0n) is 16.5. The van der Waals surface area contributed by atoms with Crippen molar-refractivity contribution in [1.82, 2.24) is 14.5 Å². The van der Waals surface area contributed by atoms with E-state index >= 15 is 0 Å². The highest BCUT2D eigenvalue weighted by Gasteiger charge is 2.21. The molecule has 3 heterocycles. The molecule has 0 spiro atoms. The smallest absolute Gasteiger partial charge is 0.357 e. The number of anilines is 1. The molecule has 9 heteroatoms. The standard InChI is InChI=1S/C21H21N5O3S/c1-28-21(27)19-18(23)15(10-22)11-26(19)17-4-2-14(3-5-17)20-24-16(13-30-20)12-25-6-8-29-9-7-25/h2-5,11,13H,6-9,12,23H2,1H3. The first-order valence-electron chi connectivity index (χ1n) is 9.45. The summed E-state index contributed by atoms with van der Waals surface area (Å²) in [5.41, 5.74) is 9.18. The van der Waals surface area contributed by atoms with Gasteiger partial charge in [0.05, 0.1) is 37.3 Å². The van der Waals surface area contributed by atoms with Crippen molar-refractivity contribution in [2.45, 2.75) is 6.54 Å². The van der Waals surface area contributed by atoms with Gasteiger partial charge in [-0.15, -0.1) is 11.3 Å². The number of aromatic nitrogens is 2. The summed E-state index contributed by atoms with van der Waals surface area (Å²) in [5.74, 6) is -0.592. The number of hydrogen-bond acceptors (Lipinski definition) is 8. The highest BCUT2D eigenvalue weighted by Crippen LogP contribution is 2.28. The number of methoxy groups -OCH3 is 1. The molecule has 2 N–H and O–H groups in total. The molecule has 0 aliphatic carbocycles. The van der Waals surface area contributed by atoms with Crippen LogP contribution in [-0.4, -0.2) is 53.8 Å². The first-order valence-corrected chi connectivity index (χ1v) is 10.3. The monoisotopic (exact) mass is 423 g/mol. The van der Waals surface area contributed by atoms with Gasteiger partial charge in [-0.3, -0.25) is 4.90 Å². The second-order valence-electron chi connectivity index (χ2n) is 6.86. The van der Waals surface area contributed by atoms with Crippen molar-refractivity contribution in [3.8, 4) is 22.3 Å². The van der Waals surface area contributed by atoms with Crippen LogP contribution in [0.15, 0.2) is 35.8 Å². The van der Waals surface area contributed by atoms with Crippen molar-refractivity contribution in [2.24, 2.45) is 0 Å². The molecule has 0 amide bonds. The topological polar surface area (TPSA) is 106 Å². The molecule has 1 saturated heterocycles. The molecular weight excluding hydrogens is 402 g/mol. The third-order valence-corrected chi connectivity index (χ3v) is 5.92. The fourth-order valence-corrected chi connectivity index (χ4v) is 4.20. The molecule has 154 valence electrons. The number of nitrogens with two attached hydrogens (primary N) is 1. The highest BCUT2D eigenvalue weighted by atomic mass is 32.1. The van der Waals surface area contributed by atoms with Gasteiger partial charge < -0.3 is 19.8 Å². The van der Waals surface area contributed by atoms with Gasteiger partial charge in [0.1, 0.15) is 11.1 Å². The van der Waals surface area contributed by atoms with E-state index in [1.165, 1.54) is 7.11 Å². The Morgan fingerprint density at radius 1 is 1.33 bits per heavy atom. The summed E-state index contributed by atoms with van der Waals surface area (Å²) in [7, 11) is 1.28. The minimum Gasteiger partial charge on any atom is -0.464 e. The van der Waals surface area contributed by atoms with Crippen LogP contribution in [0.5, 0.6) is 0 Å². The lowest BCUT2D eigenvalue weighted by Gasteiger charge is -2.25. The first kappa shape index (κ1) is 20.1. The maximum Gasteiger partial charge on any atom is 0.357 e. The minimum atomic E-state index is -0.592. The Balaban J connectivity index is 1.57. The normalized spacial score (nSPS) is 14.4. The number of nitriles is 1. The fourth-order valence-electron chi connectivity index (χ4n) is 3.38. The fraction of sp³-hybridized carbons (Fsp3) is 0.286. The van der Waals surface area contributed by atoms with Crippen molar-refractivity contribution in [3.63, 3.8) is 0 Å². The van der Waals surface area contributed by atoms with Crippen LogP contribution < -0.4 is 5.73 Å². The van der Waals surface area contributed by atoms with E-state index in [-0.39, 0.29) is 16.9 Å².